The summed E-state index contributed by atoms with van der Waals surface area (Å²) in [5, 5.41) is 4.58. The van der Waals surface area contributed by atoms with E-state index in [1.807, 2.05) is 0 Å². The zero-order chi connectivity index (χ0) is 10.4. The number of hydrogen-bond acceptors (Lipinski definition) is 3. The van der Waals surface area contributed by atoms with Crippen LogP contribution in [0.15, 0.2) is 0 Å². The van der Waals surface area contributed by atoms with Gasteiger partial charge in [0.15, 0.2) is 0 Å². The fraction of sp³-hybridized carbons (Fsp3) is 0.500. The summed E-state index contributed by atoms with van der Waals surface area (Å²) in [6, 6.07) is -0.957. The van der Waals surface area contributed by atoms with E-state index in [-0.39, 0.29) is 40.9 Å². The van der Waals surface area contributed by atoms with Crippen molar-refractivity contribution >= 4 is 17.7 Å². The monoisotopic (exact) mass is 385 g/mol. The molecule has 0 spiro atoms. The SMILES string of the molecule is CC(=O)NCC(NC(C)=O)C([NH-])=O.[CH3-].[W+2]. The van der Waals surface area contributed by atoms with Crippen LogP contribution in [-0.4, -0.2) is 30.3 Å². The molecule has 1 unspecified atom stereocenters. The third kappa shape index (κ3) is 11.0. The second-order valence-corrected chi connectivity index (χ2v) is 2.55. The van der Waals surface area contributed by atoms with Crippen molar-refractivity contribution in [3.63, 3.8) is 0 Å². The molecule has 1 atom stereocenters. The molecule has 0 aliphatic heterocycles. The van der Waals surface area contributed by atoms with Gasteiger partial charge in [0.25, 0.3) is 0 Å². The van der Waals surface area contributed by atoms with Gasteiger partial charge in [-0.15, -0.1) is 0 Å². The van der Waals surface area contributed by atoms with E-state index in [1.165, 1.54) is 13.8 Å². The Labute approximate surface area is 104 Å². The maximum Gasteiger partial charge on any atom is 2.00 e. The Morgan fingerprint density at radius 3 is 1.93 bits per heavy atom. The zero-order valence-corrected chi connectivity index (χ0v) is 11.9. The molecular weight excluding hydrogens is 370 g/mol. The van der Waals surface area contributed by atoms with Gasteiger partial charge in [-0.2, -0.15) is 0 Å². The molecule has 15 heavy (non-hydrogen) atoms. The summed E-state index contributed by atoms with van der Waals surface area (Å²) in [6.07, 6.45) is 0. The van der Waals surface area contributed by atoms with Crippen LogP contribution in [-0.2, 0) is 35.4 Å². The molecule has 0 aromatic heterocycles. The first-order chi connectivity index (χ1) is 5.93. The van der Waals surface area contributed by atoms with Crippen LogP contribution in [0, 0.1) is 7.43 Å². The summed E-state index contributed by atoms with van der Waals surface area (Å²) in [6.45, 7) is 2.49. The van der Waals surface area contributed by atoms with E-state index in [0.717, 1.165) is 0 Å². The average molecular weight is 385 g/mol. The Hall–Kier alpha value is -0.902. The quantitative estimate of drug-likeness (QED) is 0.648. The molecule has 0 aromatic carbocycles. The molecule has 0 saturated carbocycles. The summed E-state index contributed by atoms with van der Waals surface area (Å²) in [5.41, 5.74) is 6.77. The van der Waals surface area contributed by atoms with Gasteiger partial charge in [-0.25, -0.2) is 0 Å². The van der Waals surface area contributed by atoms with Crippen molar-refractivity contribution in [3.05, 3.63) is 13.2 Å². The average Bonchev–Trinajstić information content (AvgIpc) is 1.96. The number of nitrogens with one attached hydrogen (secondary N) is 3. The number of hydrogen-bond donors (Lipinski definition) is 2. The van der Waals surface area contributed by atoms with Crippen molar-refractivity contribution in [2.45, 2.75) is 19.9 Å². The van der Waals surface area contributed by atoms with Crippen molar-refractivity contribution in [2.75, 3.05) is 6.54 Å². The smallest absolute Gasteiger partial charge is 0.666 e. The molecule has 0 aromatic rings. The second kappa shape index (κ2) is 9.65. The maximum absolute atomic E-state index is 10.6. The van der Waals surface area contributed by atoms with E-state index in [4.69, 9.17) is 5.73 Å². The van der Waals surface area contributed by atoms with Crippen LogP contribution in [0.1, 0.15) is 13.8 Å². The van der Waals surface area contributed by atoms with Crippen molar-refractivity contribution in [1.82, 2.24) is 10.6 Å². The molecule has 0 aliphatic rings. The summed E-state index contributed by atoms with van der Waals surface area (Å²) in [5.74, 6) is -1.64. The number of carbonyl (C=O) groups is 3. The van der Waals surface area contributed by atoms with Gasteiger partial charge in [-0.3, -0.25) is 9.59 Å². The van der Waals surface area contributed by atoms with Crippen LogP contribution in [0.2, 0.25) is 0 Å². The number of amides is 3. The van der Waals surface area contributed by atoms with E-state index in [2.05, 4.69) is 10.6 Å². The molecule has 0 saturated heterocycles. The minimum absolute atomic E-state index is 0. The van der Waals surface area contributed by atoms with Crippen LogP contribution >= 0.6 is 0 Å². The predicted molar refractivity (Wildman–Crippen MR) is 52.0 cm³/mol. The topological polar surface area (TPSA) is 99.1 Å². The maximum atomic E-state index is 10.6. The molecule has 0 heterocycles. The first kappa shape index (κ1) is 19.6. The molecule has 3 amide bonds. The molecule has 0 radical (unpaired) electrons. The fourth-order valence-electron chi connectivity index (χ4n) is 0.700. The molecule has 86 valence electrons. The summed E-state index contributed by atoms with van der Waals surface area (Å²) in [7, 11) is 0. The normalized spacial score (nSPS) is 10.0. The summed E-state index contributed by atoms with van der Waals surface area (Å²) in [4.78, 5) is 31.6. The zero-order valence-electron chi connectivity index (χ0n) is 8.92. The number of carbonyl (C=O) groups excluding carboxylic acids is 3. The second-order valence-electron chi connectivity index (χ2n) is 2.55. The molecule has 0 bridgehead atoms. The standard InChI is InChI=1S/C7H13N3O3.CH3.W/c1-4(11)9-3-6(7(8)13)10-5(2)12;;/h6H,3H2,1-2H3,(H4,8,9,10,11,12,13);1H3;/q;-1;+2/p-1. The molecule has 0 aliphatic carbocycles. The van der Waals surface area contributed by atoms with E-state index in [9.17, 15) is 14.4 Å². The molecule has 3 N–H and O–H groups in total. The Kier molecular flexibility index (Phi) is 12.6. The van der Waals surface area contributed by atoms with Gasteiger partial charge in [0.05, 0.1) is 11.9 Å². The molecule has 7 heteroatoms. The molecule has 6 nitrogen and oxygen atoms in total. The van der Waals surface area contributed by atoms with Crippen molar-refractivity contribution in [2.24, 2.45) is 0 Å². The van der Waals surface area contributed by atoms with Gasteiger partial charge in [-0.05, 0) is 0 Å². The fourth-order valence-corrected chi connectivity index (χ4v) is 0.700. The van der Waals surface area contributed by atoms with Gasteiger partial charge in [0.2, 0.25) is 11.8 Å². The van der Waals surface area contributed by atoms with Gasteiger partial charge in [0, 0.05) is 20.4 Å². The van der Waals surface area contributed by atoms with Gasteiger partial charge < -0.3 is 28.6 Å². The summed E-state index contributed by atoms with van der Waals surface area (Å²) < 4.78 is 0. The van der Waals surface area contributed by atoms with Gasteiger partial charge >= 0.3 is 21.1 Å². The third-order valence-corrected chi connectivity index (χ3v) is 1.25. The Morgan fingerprint density at radius 1 is 1.20 bits per heavy atom. The van der Waals surface area contributed by atoms with Crippen molar-refractivity contribution in [3.8, 4) is 0 Å². The van der Waals surface area contributed by atoms with Crippen LogP contribution in [0.4, 0.5) is 0 Å². The Bertz CT molecular complexity index is 233. The Balaban J connectivity index is -0.000000720. The van der Waals surface area contributed by atoms with Crippen molar-refractivity contribution in [1.29, 1.82) is 0 Å². The van der Waals surface area contributed by atoms with Gasteiger partial charge in [-0.1, -0.05) is 0 Å². The largest absolute Gasteiger partial charge is 2.00 e. The van der Waals surface area contributed by atoms with Crippen LogP contribution in [0.3, 0.4) is 0 Å². The van der Waals surface area contributed by atoms with Gasteiger partial charge in [0.1, 0.15) is 0 Å². The first-order valence-electron chi connectivity index (χ1n) is 3.70. The van der Waals surface area contributed by atoms with E-state index in [0.29, 0.717) is 0 Å². The third-order valence-electron chi connectivity index (χ3n) is 1.25. The predicted octanol–water partition coefficient (Wildman–Crippen LogP) is -0.346. The van der Waals surface area contributed by atoms with Crippen LogP contribution in [0.5, 0.6) is 0 Å². The van der Waals surface area contributed by atoms with Crippen LogP contribution < -0.4 is 10.6 Å². The first-order valence-corrected chi connectivity index (χ1v) is 3.70. The molecule has 0 fully saturated rings. The van der Waals surface area contributed by atoms with Crippen molar-refractivity contribution < 1.29 is 35.4 Å². The number of rotatable bonds is 4. The molecular formula is C8H15N3O3W. The van der Waals surface area contributed by atoms with E-state index < -0.39 is 17.9 Å². The van der Waals surface area contributed by atoms with Crippen LogP contribution in [0.25, 0.3) is 5.73 Å². The minimum atomic E-state index is -0.957. The molecule has 0 rings (SSSR count). The minimum Gasteiger partial charge on any atom is -0.666 e. The Morgan fingerprint density at radius 2 is 1.67 bits per heavy atom. The van der Waals surface area contributed by atoms with E-state index in [1.54, 1.807) is 0 Å². The van der Waals surface area contributed by atoms with E-state index >= 15 is 0 Å². The summed E-state index contributed by atoms with van der Waals surface area (Å²) >= 11 is 0.